The highest BCUT2D eigenvalue weighted by atomic mass is 19.2. The Bertz CT molecular complexity index is 1040. The molecule has 1 aliphatic rings. The van der Waals surface area contributed by atoms with E-state index in [-0.39, 0.29) is 23.0 Å². The summed E-state index contributed by atoms with van der Waals surface area (Å²) in [7, 11) is 0. The molecule has 1 fully saturated rings. The second kappa shape index (κ2) is 9.94. The molecule has 0 saturated heterocycles. The maximum absolute atomic E-state index is 15.4. The van der Waals surface area contributed by atoms with E-state index in [0.717, 1.165) is 36.8 Å². The fraction of sp³-hybridized carbons (Fsp3) is 0.379. The van der Waals surface area contributed by atoms with Crippen LogP contribution in [0.5, 0.6) is 0 Å². The topological polar surface area (TPSA) is 0 Å². The van der Waals surface area contributed by atoms with Gasteiger partial charge in [-0.1, -0.05) is 94.1 Å². The van der Waals surface area contributed by atoms with Crippen molar-refractivity contribution in [3.63, 3.8) is 0 Å². The summed E-state index contributed by atoms with van der Waals surface area (Å²) in [5, 5.41) is 0. The van der Waals surface area contributed by atoms with Gasteiger partial charge in [0.15, 0.2) is 11.6 Å². The predicted molar refractivity (Wildman–Crippen MR) is 126 cm³/mol. The van der Waals surface area contributed by atoms with Crippen molar-refractivity contribution < 1.29 is 13.2 Å². The van der Waals surface area contributed by atoms with Crippen LogP contribution in [-0.4, -0.2) is 0 Å². The summed E-state index contributed by atoms with van der Waals surface area (Å²) in [6.07, 6.45) is 5.91. The molecule has 4 rings (SSSR count). The zero-order valence-electron chi connectivity index (χ0n) is 18.9. The molecular formula is C29H31F3. The average molecular weight is 437 g/mol. The molecule has 0 spiro atoms. The fourth-order valence-corrected chi connectivity index (χ4v) is 5.63. The van der Waals surface area contributed by atoms with Crippen molar-refractivity contribution >= 4 is 0 Å². The number of rotatable bonds is 6. The van der Waals surface area contributed by atoms with E-state index in [1.54, 1.807) is 12.1 Å². The van der Waals surface area contributed by atoms with E-state index in [0.29, 0.717) is 17.9 Å². The van der Waals surface area contributed by atoms with E-state index in [2.05, 4.69) is 6.92 Å². The minimum Gasteiger partial charge on any atom is -0.207 e. The van der Waals surface area contributed by atoms with Gasteiger partial charge in [0.1, 0.15) is 5.82 Å². The lowest BCUT2D eigenvalue weighted by Crippen LogP contribution is -2.26. The lowest BCUT2D eigenvalue weighted by molar-refractivity contribution is 0.186. The molecule has 0 N–H and O–H groups in total. The van der Waals surface area contributed by atoms with E-state index in [9.17, 15) is 0 Å². The van der Waals surface area contributed by atoms with Crippen molar-refractivity contribution in [2.45, 2.75) is 58.3 Å². The first-order valence-corrected chi connectivity index (χ1v) is 11.9. The third-order valence-corrected chi connectivity index (χ3v) is 7.32. The molecular weight excluding hydrogens is 405 g/mol. The Morgan fingerprint density at radius 3 is 2.06 bits per heavy atom. The summed E-state index contributed by atoms with van der Waals surface area (Å²) >= 11 is 0. The molecule has 3 unspecified atom stereocenters. The van der Waals surface area contributed by atoms with Crippen molar-refractivity contribution in [2.24, 2.45) is 11.8 Å². The molecule has 1 aliphatic carbocycles. The predicted octanol–water partition coefficient (Wildman–Crippen LogP) is 9.15. The highest BCUT2D eigenvalue weighted by Gasteiger charge is 2.35. The minimum atomic E-state index is -1.01. The first-order valence-electron chi connectivity index (χ1n) is 11.9. The van der Waals surface area contributed by atoms with Gasteiger partial charge in [-0.3, -0.25) is 0 Å². The van der Waals surface area contributed by atoms with Crippen LogP contribution in [0.15, 0.2) is 60.7 Å². The van der Waals surface area contributed by atoms with Gasteiger partial charge < -0.3 is 0 Å². The molecule has 0 heterocycles. The van der Waals surface area contributed by atoms with Crippen LogP contribution in [0.1, 0.15) is 63.9 Å². The normalized spacial score (nSPS) is 19.7. The molecule has 0 bridgehead atoms. The van der Waals surface area contributed by atoms with Gasteiger partial charge in [0.05, 0.1) is 0 Å². The zero-order chi connectivity index (χ0) is 22.7. The van der Waals surface area contributed by atoms with Gasteiger partial charge in [-0.05, 0) is 53.4 Å². The second-order valence-corrected chi connectivity index (χ2v) is 9.02. The van der Waals surface area contributed by atoms with Gasteiger partial charge >= 0.3 is 0 Å². The lowest BCUT2D eigenvalue weighted by Gasteiger charge is -2.37. The van der Waals surface area contributed by atoms with Gasteiger partial charge in [-0.25, -0.2) is 13.2 Å². The van der Waals surface area contributed by atoms with Crippen LogP contribution in [0.4, 0.5) is 13.2 Å². The highest BCUT2D eigenvalue weighted by molar-refractivity contribution is 5.71. The SMILES string of the molecule is CCC1CCCCC1C(CC)c1c(F)cc(-c2ccc(-c3ccccc3)cc2)c(F)c1F. The van der Waals surface area contributed by atoms with Crippen molar-refractivity contribution in [3.8, 4) is 22.3 Å². The third-order valence-electron chi connectivity index (χ3n) is 7.32. The first-order chi connectivity index (χ1) is 15.5. The van der Waals surface area contributed by atoms with E-state index < -0.39 is 17.5 Å². The standard InChI is InChI=1S/C29H31F3/c1-3-19-10-8-9-13-24(19)23(4-2)27-26(30)18-25(28(31)29(27)32)22-16-14-21(15-17-22)20-11-6-5-7-12-20/h5-7,11-12,14-19,23-24H,3-4,8-10,13H2,1-2H3. The summed E-state index contributed by atoms with van der Waals surface area (Å²) in [5.74, 6) is -2.22. The molecule has 0 nitrogen and oxygen atoms in total. The van der Waals surface area contributed by atoms with Crippen LogP contribution in [0.3, 0.4) is 0 Å². The molecule has 0 aromatic heterocycles. The Balaban J connectivity index is 1.69. The molecule has 0 aliphatic heterocycles. The van der Waals surface area contributed by atoms with Crippen molar-refractivity contribution in [1.82, 2.24) is 0 Å². The Morgan fingerprint density at radius 1 is 0.781 bits per heavy atom. The summed E-state index contributed by atoms with van der Waals surface area (Å²) < 4.78 is 46.0. The van der Waals surface area contributed by atoms with Gasteiger partial charge in [0, 0.05) is 11.1 Å². The van der Waals surface area contributed by atoms with Crippen LogP contribution in [0.2, 0.25) is 0 Å². The van der Waals surface area contributed by atoms with E-state index in [1.165, 1.54) is 12.5 Å². The quantitative estimate of drug-likeness (QED) is 0.338. The summed E-state index contributed by atoms with van der Waals surface area (Å²) in [6, 6.07) is 18.2. The Morgan fingerprint density at radius 2 is 1.41 bits per heavy atom. The van der Waals surface area contributed by atoms with E-state index in [4.69, 9.17) is 0 Å². The minimum absolute atomic E-state index is 0.0195. The van der Waals surface area contributed by atoms with Gasteiger partial charge in [-0.15, -0.1) is 0 Å². The summed E-state index contributed by atoms with van der Waals surface area (Å²) in [5.41, 5.74) is 2.41. The van der Waals surface area contributed by atoms with Gasteiger partial charge in [-0.2, -0.15) is 0 Å². The molecule has 3 aromatic carbocycles. The first kappa shape index (κ1) is 22.6. The molecule has 3 atom stereocenters. The maximum atomic E-state index is 15.4. The number of benzene rings is 3. The monoisotopic (exact) mass is 436 g/mol. The number of halogens is 3. The summed E-state index contributed by atoms with van der Waals surface area (Å²) in [4.78, 5) is 0. The number of hydrogen-bond acceptors (Lipinski definition) is 0. The van der Waals surface area contributed by atoms with Crippen LogP contribution in [0, 0.1) is 29.3 Å². The van der Waals surface area contributed by atoms with Crippen LogP contribution >= 0.6 is 0 Å². The van der Waals surface area contributed by atoms with Crippen molar-refractivity contribution in [2.75, 3.05) is 0 Å². The largest absolute Gasteiger partial charge is 0.207 e. The fourth-order valence-electron chi connectivity index (χ4n) is 5.63. The van der Waals surface area contributed by atoms with Crippen LogP contribution < -0.4 is 0 Å². The Kier molecular flexibility index (Phi) is 7.03. The van der Waals surface area contributed by atoms with Crippen molar-refractivity contribution in [1.29, 1.82) is 0 Å². The zero-order valence-corrected chi connectivity index (χ0v) is 18.9. The molecule has 3 heteroatoms. The Hall–Kier alpha value is -2.55. The molecule has 0 radical (unpaired) electrons. The lowest BCUT2D eigenvalue weighted by atomic mass is 9.68. The smallest absolute Gasteiger partial charge is 0.167 e. The molecule has 3 aromatic rings. The average Bonchev–Trinajstić information content (AvgIpc) is 2.84. The van der Waals surface area contributed by atoms with E-state index in [1.807, 2.05) is 49.4 Å². The molecule has 32 heavy (non-hydrogen) atoms. The number of hydrogen-bond donors (Lipinski definition) is 0. The van der Waals surface area contributed by atoms with Crippen LogP contribution in [-0.2, 0) is 0 Å². The molecule has 1 saturated carbocycles. The summed E-state index contributed by atoms with van der Waals surface area (Å²) in [6.45, 7) is 4.10. The van der Waals surface area contributed by atoms with Gasteiger partial charge in [0.25, 0.3) is 0 Å². The molecule has 0 amide bonds. The van der Waals surface area contributed by atoms with Gasteiger partial charge in [0.2, 0.25) is 0 Å². The highest BCUT2D eigenvalue weighted by Crippen LogP contribution is 2.45. The van der Waals surface area contributed by atoms with Crippen LogP contribution in [0.25, 0.3) is 22.3 Å². The van der Waals surface area contributed by atoms with Crippen molar-refractivity contribution in [3.05, 3.63) is 83.7 Å². The maximum Gasteiger partial charge on any atom is 0.167 e. The molecule has 168 valence electrons. The van der Waals surface area contributed by atoms with E-state index >= 15 is 13.2 Å². The second-order valence-electron chi connectivity index (χ2n) is 9.02. The Labute approximate surface area is 189 Å². The third kappa shape index (κ3) is 4.35.